The van der Waals surface area contributed by atoms with Gasteiger partial charge in [-0.05, 0) is 34.1 Å². The number of nitrogens with zero attached hydrogens (tertiary/aromatic N) is 2. The van der Waals surface area contributed by atoms with E-state index in [1.54, 1.807) is 11.8 Å². The number of hydrogen-bond donors (Lipinski definition) is 1. The highest BCUT2D eigenvalue weighted by Crippen LogP contribution is 2.30. The monoisotopic (exact) mass is 297 g/mol. The summed E-state index contributed by atoms with van der Waals surface area (Å²) in [5.74, 6) is 1.92. The second-order valence-electron chi connectivity index (χ2n) is 3.43. The van der Waals surface area contributed by atoms with Gasteiger partial charge >= 0.3 is 0 Å². The van der Waals surface area contributed by atoms with Gasteiger partial charge in [0, 0.05) is 34.5 Å². The number of halogens is 1. The Hall–Kier alpha value is -0.940. The molecule has 16 heavy (non-hydrogen) atoms. The number of anilines is 1. The van der Waals surface area contributed by atoms with Crippen LogP contribution in [-0.2, 0) is 12.8 Å². The molecule has 0 spiro atoms. The van der Waals surface area contributed by atoms with E-state index in [0.29, 0.717) is 0 Å². The van der Waals surface area contributed by atoms with Gasteiger partial charge in [-0.15, -0.1) is 11.8 Å². The maximum absolute atomic E-state index is 5.69. The average Bonchev–Trinajstić information content (AvgIpc) is 2.63. The number of nitrogen functional groups attached to an aromatic ring is 1. The minimum absolute atomic E-state index is 0.771. The number of benzene rings is 1. The van der Waals surface area contributed by atoms with Crippen LogP contribution < -0.4 is 5.73 Å². The fourth-order valence-electron chi connectivity index (χ4n) is 1.31. The smallest absolute Gasteiger partial charge is 0.118 e. The average molecular weight is 298 g/mol. The Bertz CT molecular complexity index is 496. The Morgan fingerprint density at radius 2 is 2.31 bits per heavy atom. The van der Waals surface area contributed by atoms with Gasteiger partial charge < -0.3 is 10.3 Å². The van der Waals surface area contributed by atoms with Crippen molar-refractivity contribution in [1.82, 2.24) is 9.55 Å². The van der Waals surface area contributed by atoms with E-state index in [-0.39, 0.29) is 0 Å². The topological polar surface area (TPSA) is 43.8 Å². The molecule has 0 fully saturated rings. The molecule has 2 aromatic rings. The summed E-state index contributed by atoms with van der Waals surface area (Å²) in [5.41, 5.74) is 6.46. The highest BCUT2D eigenvalue weighted by atomic mass is 79.9. The Balaban J connectivity index is 2.08. The molecule has 0 saturated carbocycles. The minimum atomic E-state index is 0.771. The van der Waals surface area contributed by atoms with Crippen molar-refractivity contribution < 1.29 is 0 Å². The van der Waals surface area contributed by atoms with E-state index in [1.165, 1.54) is 4.90 Å². The molecule has 3 nitrogen and oxygen atoms in total. The molecule has 1 aromatic heterocycles. The number of imidazole rings is 1. The summed E-state index contributed by atoms with van der Waals surface area (Å²) < 4.78 is 3.06. The number of nitrogens with two attached hydrogens (primary N) is 1. The van der Waals surface area contributed by atoms with Gasteiger partial charge in [0.05, 0.1) is 5.75 Å². The van der Waals surface area contributed by atoms with E-state index >= 15 is 0 Å². The van der Waals surface area contributed by atoms with E-state index in [1.807, 2.05) is 42.2 Å². The summed E-state index contributed by atoms with van der Waals surface area (Å²) >= 11 is 5.24. The van der Waals surface area contributed by atoms with Crippen molar-refractivity contribution in [1.29, 1.82) is 0 Å². The van der Waals surface area contributed by atoms with Crippen molar-refractivity contribution >= 4 is 33.4 Å². The number of aryl methyl sites for hydroxylation is 1. The van der Waals surface area contributed by atoms with E-state index in [2.05, 4.69) is 20.9 Å². The molecule has 0 aliphatic heterocycles. The van der Waals surface area contributed by atoms with E-state index < -0.39 is 0 Å². The van der Waals surface area contributed by atoms with Gasteiger partial charge in [-0.1, -0.05) is 0 Å². The van der Waals surface area contributed by atoms with Crippen molar-refractivity contribution in [3.8, 4) is 0 Å². The second kappa shape index (κ2) is 4.93. The molecule has 1 aromatic carbocycles. The molecule has 0 atom stereocenters. The maximum atomic E-state index is 5.69. The lowest BCUT2D eigenvalue weighted by Crippen LogP contribution is -1.94. The van der Waals surface area contributed by atoms with Gasteiger partial charge in [0.1, 0.15) is 5.82 Å². The van der Waals surface area contributed by atoms with Crippen molar-refractivity contribution in [3.05, 3.63) is 40.9 Å². The molecule has 0 saturated heterocycles. The lowest BCUT2D eigenvalue weighted by atomic mass is 10.3. The minimum Gasteiger partial charge on any atom is -0.399 e. The summed E-state index contributed by atoms with van der Waals surface area (Å²) in [4.78, 5) is 5.46. The molecule has 0 amide bonds. The number of hydrogen-bond acceptors (Lipinski definition) is 3. The standard InChI is InChI=1S/C11H12BrN3S/c1-15-5-4-14-11(15)7-16-10-3-2-8(13)6-9(10)12/h2-6H,7,13H2,1H3. The molecule has 2 N–H and O–H groups in total. The molecule has 84 valence electrons. The third-order valence-corrected chi connectivity index (χ3v) is 4.22. The molecule has 0 aliphatic carbocycles. The summed E-state index contributed by atoms with van der Waals surface area (Å²) in [7, 11) is 2.00. The van der Waals surface area contributed by atoms with Crippen LogP contribution in [0, 0.1) is 0 Å². The quantitative estimate of drug-likeness (QED) is 0.699. The zero-order valence-electron chi connectivity index (χ0n) is 8.85. The molecular formula is C11H12BrN3S. The van der Waals surface area contributed by atoms with Crippen LogP contribution in [0.2, 0.25) is 0 Å². The molecule has 5 heteroatoms. The first-order valence-corrected chi connectivity index (χ1v) is 6.58. The fourth-order valence-corrected chi connectivity index (χ4v) is 2.98. The zero-order chi connectivity index (χ0) is 11.5. The van der Waals surface area contributed by atoms with Crippen LogP contribution in [0.15, 0.2) is 40.0 Å². The number of rotatable bonds is 3. The van der Waals surface area contributed by atoms with Crippen molar-refractivity contribution in [2.75, 3.05) is 5.73 Å². The van der Waals surface area contributed by atoms with Crippen LogP contribution in [0.25, 0.3) is 0 Å². The number of thioether (sulfide) groups is 1. The van der Waals surface area contributed by atoms with E-state index in [9.17, 15) is 0 Å². The third-order valence-electron chi connectivity index (χ3n) is 2.23. The van der Waals surface area contributed by atoms with Crippen molar-refractivity contribution in [2.24, 2.45) is 7.05 Å². The molecular weight excluding hydrogens is 286 g/mol. The summed E-state index contributed by atoms with van der Waals surface area (Å²) in [6.45, 7) is 0. The van der Waals surface area contributed by atoms with Gasteiger partial charge in [0.25, 0.3) is 0 Å². The Kier molecular flexibility index (Phi) is 3.56. The molecule has 2 rings (SSSR count). The van der Waals surface area contributed by atoms with Crippen molar-refractivity contribution in [2.45, 2.75) is 10.6 Å². The Morgan fingerprint density at radius 1 is 1.50 bits per heavy atom. The first-order valence-electron chi connectivity index (χ1n) is 4.81. The number of aromatic nitrogens is 2. The predicted molar refractivity (Wildman–Crippen MR) is 71.3 cm³/mol. The van der Waals surface area contributed by atoms with E-state index in [0.717, 1.165) is 21.7 Å². The van der Waals surface area contributed by atoms with Crippen molar-refractivity contribution in [3.63, 3.8) is 0 Å². The first-order chi connectivity index (χ1) is 7.66. The highest BCUT2D eigenvalue weighted by molar-refractivity contribution is 9.10. The second-order valence-corrected chi connectivity index (χ2v) is 5.30. The van der Waals surface area contributed by atoms with E-state index in [4.69, 9.17) is 5.73 Å². The van der Waals surface area contributed by atoms with Crippen LogP contribution in [0.4, 0.5) is 5.69 Å². The van der Waals surface area contributed by atoms with Crippen LogP contribution in [-0.4, -0.2) is 9.55 Å². The Morgan fingerprint density at radius 3 is 2.94 bits per heavy atom. The molecule has 1 heterocycles. The normalized spacial score (nSPS) is 10.6. The fraction of sp³-hybridized carbons (Fsp3) is 0.182. The summed E-state index contributed by atoms with van der Waals surface area (Å²) in [6, 6.07) is 5.85. The van der Waals surface area contributed by atoms with Crippen LogP contribution in [0.1, 0.15) is 5.82 Å². The third kappa shape index (κ3) is 2.59. The molecule has 0 aliphatic rings. The van der Waals surface area contributed by atoms with Gasteiger partial charge in [0.15, 0.2) is 0 Å². The largest absolute Gasteiger partial charge is 0.399 e. The maximum Gasteiger partial charge on any atom is 0.118 e. The predicted octanol–water partition coefficient (Wildman–Crippen LogP) is 3.06. The van der Waals surface area contributed by atoms with Crippen LogP contribution >= 0.6 is 27.7 Å². The zero-order valence-corrected chi connectivity index (χ0v) is 11.3. The lowest BCUT2D eigenvalue weighted by Gasteiger charge is -2.05. The highest BCUT2D eigenvalue weighted by Gasteiger charge is 2.04. The summed E-state index contributed by atoms with van der Waals surface area (Å²) in [5, 5.41) is 0. The van der Waals surface area contributed by atoms with Gasteiger partial charge in [-0.2, -0.15) is 0 Å². The molecule has 0 radical (unpaired) electrons. The van der Waals surface area contributed by atoms with Crippen LogP contribution in [0.3, 0.4) is 0 Å². The summed E-state index contributed by atoms with van der Waals surface area (Å²) in [6.07, 6.45) is 3.77. The molecule has 0 unspecified atom stereocenters. The van der Waals surface area contributed by atoms with Gasteiger partial charge in [-0.25, -0.2) is 4.98 Å². The van der Waals surface area contributed by atoms with Crippen LogP contribution in [0.5, 0.6) is 0 Å². The van der Waals surface area contributed by atoms with Gasteiger partial charge in [0.2, 0.25) is 0 Å². The molecule has 0 bridgehead atoms. The lowest BCUT2D eigenvalue weighted by molar-refractivity contribution is 0.849. The Labute approximate surface area is 107 Å². The SMILES string of the molecule is Cn1ccnc1CSc1ccc(N)cc1Br. The first kappa shape index (κ1) is 11.5. The van der Waals surface area contributed by atoms with Gasteiger partial charge in [-0.3, -0.25) is 0 Å².